The van der Waals surface area contributed by atoms with Gasteiger partial charge in [-0.05, 0) is 49.2 Å². The van der Waals surface area contributed by atoms with Gasteiger partial charge in [-0.2, -0.15) is 0 Å². The molecule has 0 heterocycles. The van der Waals surface area contributed by atoms with Gasteiger partial charge in [-0.25, -0.2) is 4.39 Å². The lowest BCUT2D eigenvalue weighted by atomic mass is 10.1. The van der Waals surface area contributed by atoms with Crippen molar-refractivity contribution in [2.45, 2.75) is 40.3 Å². The van der Waals surface area contributed by atoms with Crippen LogP contribution in [0, 0.1) is 19.7 Å². The average Bonchev–Trinajstić information content (AvgIpc) is 2.42. The van der Waals surface area contributed by atoms with Gasteiger partial charge in [-0.15, -0.1) is 0 Å². The zero-order valence-electron chi connectivity index (χ0n) is 13.0. The van der Waals surface area contributed by atoms with Gasteiger partial charge in [0.2, 0.25) is 0 Å². The molecule has 2 nitrogen and oxygen atoms in total. The van der Waals surface area contributed by atoms with Gasteiger partial charge in [0.05, 0.1) is 0 Å². The largest absolute Gasteiger partial charge is 0.457 e. The second-order valence-corrected chi connectivity index (χ2v) is 5.60. The van der Waals surface area contributed by atoms with Gasteiger partial charge in [0.25, 0.3) is 0 Å². The van der Waals surface area contributed by atoms with E-state index in [-0.39, 0.29) is 5.82 Å². The van der Waals surface area contributed by atoms with E-state index in [4.69, 9.17) is 4.74 Å². The second-order valence-electron chi connectivity index (χ2n) is 5.60. The first kappa shape index (κ1) is 15.5. The first-order valence-electron chi connectivity index (χ1n) is 7.23. The van der Waals surface area contributed by atoms with Crippen LogP contribution >= 0.6 is 0 Å². The van der Waals surface area contributed by atoms with Gasteiger partial charge in [0.15, 0.2) is 0 Å². The Morgan fingerprint density at radius 3 is 2.52 bits per heavy atom. The van der Waals surface area contributed by atoms with Crippen LogP contribution in [0.2, 0.25) is 0 Å². The zero-order chi connectivity index (χ0) is 15.4. The van der Waals surface area contributed by atoms with Gasteiger partial charge >= 0.3 is 0 Å². The summed E-state index contributed by atoms with van der Waals surface area (Å²) in [7, 11) is 0. The molecule has 0 amide bonds. The Morgan fingerprint density at radius 2 is 1.86 bits per heavy atom. The molecule has 3 heteroatoms. The predicted octanol–water partition coefficient (Wildman–Crippen LogP) is 4.73. The van der Waals surface area contributed by atoms with Crippen molar-refractivity contribution in [1.82, 2.24) is 5.32 Å². The maximum atomic E-state index is 14.0. The van der Waals surface area contributed by atoms with Crippen LogP contribution in [0.15, 0.2) is 36.4 Å². The molecule has 2 rings (SSSR count). The third-order valence-electron chi connectivity index (χ3n) is 3.47. The number of benzene rings is 2. The molecule has 0 fully saturated rings. The Labute approximate surface area is 126 Å². The minimum Gasteiger partial charge on any atom is -0.457 e. The summed E-state index contributed by atoms with van der Waals surface area (Å²) in [6, 6.07) is 11.1. The summed E-state index contributed by atoms with van der Waals surface area (Å²) in [5.74, 6) is 1.05. The molecule has 112 valence electrons. The highest BCUT2D eigenvalue weighted by molar-refractivity contribution is 5.41. The fourth-order valence-corrected chi connectivity index (χ4v) is 2.02. The van der Waals surface area contributed by atoms with E-state index in [2.05, 4.69) is 12.2 Å². The fourth-order valence-electron chi connectivity index (χ4n) is 2.02. The molecule has 0 spiro atoms. The lowest BCUT2D eigenvalue weighted by Crippen LogP contribution is -2.22. The van der Waals surface area contributed by atoms with Gasteiger partial charge < -0.3 is 10.1 Å². The summed E-state index contributed by atoms with van der Waals surface area (Å²) in [5.41, 5.74) is 2.93. The van der Waals surface area contributed by atoms with Gasteiger partial charge in [0, 0.05) is 18.2 Å². The molecule has 0 saturated carbocycles. The Hall–Kier alpha value is -1.87. The monoisotopic (exact) mass is 287 g/mol. The molecule has 0 aromatic heterocycles. The molecule has 0 atom stereocenters. The molecule has 0 aliphatic rings. The summed E-state index contributed by atoms with van der Waals surface area (Å²) in [6.45, 7) is 8.61. The van der Waals surface area contributed by atoms with E-state index < -0.39 is 0 Å². The molecule has 0 saturated heterocycles. The van der Waals surface area contributed by atoms with E-state index >= 15 is 0 Å². The van der Waals surface area contributed by atoms with Crippen LogP contribution in [0.5, 0.6) is 11.5 Å². The molecule has 0 bridgehead atoms. The predicted molar refractivity (Wildman–Crippen MR) is 84.4 cm³/mol. The average molecular weight is 287 g/mol. The molecule has 21 heavy (non-hydrogen) atoms. The number of halogens is 1. The molecular weight excluding hydrogens is 265 g/mol. The second kappa shape index (κ2) is 6.72. The Balaban J connectivity index is 2.26. The standard InChI is InChI=1S/C18H22FNO/c1-12(2)20-11-16-17(19)6-5-7-18(16)21-15-9-8-13(3)14(4)10-15/h5-10,12,20H,11H2,1-4H3. The van der Waals surface area contributed by atoms with Crippen molar-refractivity contribution < 1.29 is 9.13 Å². The third kappa shape index (κ3) is 4.05. The quantitative estimate of drug-likeness (QED) is 0.858. The third-order valence-corrected chi connectivity index (χ3v) is 3.47. The van der Waals surface area contributed by atoms with Crippen molar-refractivity contribution in [2.75, 3.05) is 0 Å². The van der Waals surface area contributed by atoms with E-state index in [0.29, 0.717) is 23.9 Å². The van der Waals surface area contributed by atoms with Crippen LogP contribution in [-0.2, 0) is 6.54 Å². The zero-order valence-corrected chi connectivity index (χ0v) is 13.0. The lowest BCUT2D eigenvalue weighted by Gasteiger charge is -2.15. The van der Waals surface area contributed by atoms with Gasteiger partial charge in [-0.3, -0.25) is 0 Å². The van der Waals surface area contributed by atoms with E-state index in [1.807, 2.05) is 39.0 Å². The van der Waals surface area contributed by atoms with Crippen LogP contribution in [0.3, 0.4) is 0 Å². The van der Waals surface area contributed by atoms with Crippen LogP contribution in [0.25, 0.3) is 0 Å². The lowest BCUT2D eigenvalue weighted by molar-refractivity contribution is 0.457. The number of nitrogens with one attached hydrogen (secondary N) is 1. The molecule has 2 aromatic rings. The molecule has 0 aliphatic carbocycles. The maximum absolute atomic E-state index is 14.0. The van der Waals surface area contributed by atoms with Crippen molar-refractivity contribution in [3.63, 3.8) is 0 Å². The molecule has 1 N–H and O–H groups in total. The van der Waals surface area contributed by atoms with Gasteiger partial charge in [0.1, 0.15) is 17.3 Å². The van der Waals surface area contributed by atoms with E-state index in [9.17, 15) is 4.39 Å². The van der Waals surface area contributed by atoms with E-state index in [1.165, 1.54) is 11.6 Å². The number of ether oxygens (including phenoxy) is 1. The number of hydrogen-bond acceptors (Lipinski definition) is 2. The SMILES string of the molecule is Cc1ccc(Oc2cccc(F)c2CNC(C)C)cc1C. The van der Waals surface area contributed by atoms with Crippen LogP contribution in [0.4, 0.5) is 4.39 Å². The van der Waals surface area contributed by atoms with Crippen molar-refractivity contribution in [3.8, 4) is 11.5 Å². The summed E-state index contributed by atoms with van der Waals surface area (Å²) in [4.78, 5) is 0. The van der Waals surface area contributed by atoms with Crippen molar-refractivity contribution in [3.05, 3.63) is 58.9 Å². The van der Waals surface area contributed by atoms with Crippen LogP contribution in [-0.4, -0.2) is 6.04 Å². The summed E-state index contributed by atoms with van der Waals surface area (Å²) >= 11 is 0. The van der Waals surface area contributed by atoms with Crippen LogP contribution in [0.1, 0.15) is 30.5 Å². The Bertz CT molecular complexity index is 623. The highest BCUT2D eigenvalue weighted by Crippen LogP contribution is 2.28. The molecule has 0 aliphatic heterocycles. The topological polar surface area (TPSA) is 21.3 Å². The van der Waals surface area contributed by atoms with Gasteiger partial charge in [-0.1, -0.05) is 26.0 Å². The highest BCUT2D eigenvalue weighted by Gasteiger charge is 2.11. The summed E-state index contributed by atoms with van der Waals surface area (Å²) in [6.07, 6.45) is 0. The highest BCUT2D eigenvalue weighted by atomic mass is 19.1. The Kier molecular flexibility index (Phi) is 4.97. The van der Waals surface area contributed by atoms with Crippen molar-refractivity contribution in [2.24, 2.45) is 0 Å². The van der Waals surface area contributed by atoms with Crippen LogP contribution < -0.4 is 10.1 Å². The fraction of sp³-hybridized carbons (Fsp3) is 0.333. The Morgan fingerprint density at radius 1 is 1.10 bits per heavy atom. The molecular formula is C18H22FNO. The molecule has 0 radical (unpaired) electrons. The number of aryl methyl sites for hydroxylation is 2. The maximum Gasteiger partial charge on any atom is 0.134 e. The smallest absolute Gasteiger partial charge is 0.134 e. The summed E-state index contributed by atoms with van der Waals surface area (Å²) < 4.78 is 19.9. The number of rotatable bonds is 5. The first-order chi connectivity index (χ1) is 9.97. The van der Waals surface area contributed by atoms with E-state index in [0.717, 1.165) is 11.3 Å². The van der Waals surface area contributed by atoms with Crippen molar-refractivity contribution in [1.29, 1.82) is 0 Å². The molecule has 0 unspecified atom stereocenters. The summed E-state index contributed by atoms with van der Waals surface area (Å²) in [5, 5.41) is 3.23. The minimum atomic E-state index is -0.246. The number of hydrogen-bond donors (Lipinski definition) is 1. The van der Waals surface area contributed by atoms with E-state index in [1.54, 1.807) is 12.1 Å². The normalized spacial score (nSPS) is 11.0. The van der Waals surface area contributed by atoms with Crippen molar-refractivity contribution >= 4 is 0 Å². The first-order valence-corrected chi connectivity index (χ1v) is 7.23. The molecule has 2 aromatic carbocycles. The minimum absolute atomic E-state index is 0.246.